The number of thioether (sulfide) groups is 1. The molecule has 1 heterocycles. The van der Waals surface area contributed by atoms with E-state index in [1.807, 2.05) is 63.2 Å². The second kappa shape index (κ2) is 10.5. The summed E-state index contributed by atoms with van der Waals surface area (Å²) in [6.45, 7) is 6.02. The summed E-state index contributed by atoms with van der Waals surface area (Å²) in [4.78, 5) is 24.0. The summed E-state index contributed by atoms with van der Waals surface area (Å²) in [6.07, 6.45) is 1.60. The van der Waals surface area contributed by atoms with Gasteiger partial charge in [-0.3, -0.25) is 14.2 Å². The minimum atomic E-state index is -0.112. The molecular weight excluding hydrogens is 434 g/mol. The van der Waals surface area contributed by atoms with Gasteiger partial charge >= 0.3 is 0 Å². The second-order valence-electron chi connectivity index (χ2n) is 7.32. The molecule has 2 amide bonds. The van der Waals surface area contributed by atoms with Gasteiger partial charge in [-0.05, 0) is 42.3 Å². The van der Waals surface area contributed by atoms with Gasteiger partial charge in [0.1, 0.15) is 6.33 Å². The van der Waals surface area contributed by atoms with E-state index in [0.717, 1.165) is 22.5 Å². The summed E-state index contributed by atoms with van der Waals surface area (Å²) in [5.41, 5.74) is 3.51. The van der Waals surface area contributed by atoms with Gasteiger partial charge in [0.25, 0.3) is 0 Å². The van der Waals surface area contributed by atoms with E-state index in [0.29, 0.717) is 16.7 Å². The third kappa shape index (κ3) is 6.32. The van der Waals surface area contributed by atoms with Gasteiger partial charge in [-0.15, -0.1) is 10.2 Å². The minimum Gasteiger partial charge on any atom is -0.351 e. The van der Waals surface area contributed by atoms with Gasteiger partial charge in [0.15, 0.2) is 5.16 Å². The SMILES string of the molecule is Cc1ccc(-n2cnnc2SCC(=O)NCc2ccc(NC(=O)C(C)C)cc2)cc1Cl. The quantitative estimate of drug-likeness (QED) is 0.494. The Morgan fingerprint density at radius 3 is 2.58 bits per heavy atom. The Labute approximate surface area is 190 Å². The zero-order valence-electron chi connectivity index (χ0n) is 17.6. The molecule has 0 aliphatic carbocycles. The molecular formula is C22H24ClN5O2S. The van der Waals surface area contributed by atoms with Crippen molar-refractivity contribution >= 4 is 40.9 Å². The monoisotopic (exact) mass is 457 g/mol. The van der Waals surface area contributed by atoms with Crippen LogP contribution in [-0.4, -0.2) is 32.3 Å². The van der Waals surface area contributed by atoms with Gasteiger partial charge in [-0.2, -0.15) is 0 Å². The van der Waals surface area contributed by atoms with Gasteiger partial charge in [0.05, 0.1) is 11.4 Å². The van der Waals surface area contributed by atoms with Crippen molar-refractivity contribution in [2.75, 3.05) is 11.1 Å². The maximum atomic E-state index is 12.3. The molecule has 31 heavy (non-hydrogen) atoms. The van der Waals surface area contributed by atoms with E-state index >= 15 is 0 Å². The number of carbonyl (C=O) groups is 2. The molecule has 0 radical (unpaired) electrons. The lowest BCUT2D eigenvalue weighted by Gasteiger charge is -2.10. The molecule has 162 valence electrons. The fraction of sp³-hybridized carbons (Fsp3) is 0.273. The van der Waals surface area contributed by atoms with Crippen molar-refractivity contribution in [3.63, 3.8) is 0 Å². The Kier molecular flexibility index (Phi) is 7.70. The molecule has 2 aromatic carbocycles. The number of anilines is 1. The molecule has 0 aliphatic rings. The first-order valence-corrected chi connectivity index (χ1v) is 11.2. The highest BCUT2D eigenvalue weighted by atomic mass is 35.5. The third-order valence-corrected chi connectivity index (χ3v) is 5.87. The molecule has 0 unspecified atom stereocenters. The summed E-state index contributed by atoms with van der Waals surface area (Å²) in [5, 5.41) is 15.1. The molecule has 0 fully saturated rings. The van der Waals surface area contributed by atoms with Crippen LogP contribution in [0.3, 0.4) is 0 Å². The van der Waals surface area contributed by atoms with Gasteiger partial charge < -0.3 is 10.6 Å². The van der Waals surface area contributed by atoms with Crippen molar-refractivity contribution in [1.29, 1.82) is 0 Å². The van der Waals surface area contributed by atoms with Crippen LogP contribution >= 0.6 is 23.4 Å². The number of aromatic nitrogens is 3. The van der Waals surface area contributed by atoms with Crippen molar-refractivity contribution in [3.05, 3.63) is 64.9 Å². The van der Waals surface area contributed by atoms with E-state index < -0.39 is 0 Å². The molecule has 0 saturated heterocycles. The van der Waals surface area contributed by atoms with Crippen LogP contribution in [0.1, 0.15) is 25.0 Å². The van der Waals surface area contributed by atoms with Crippen LogP contribution in [-0.2, 0) is 16.1 Å². The average molecular weight is 458 g/mol. The number of nitrogens with one attached hydrogen (secondary N) is 2. The van der Waals surface area contributed by atoms with E-state index in [2.05, 4.69) is 20.8 Å². The van der Waals surface area contributed by atoms with Gasteiger partial charge in [0.2, 0.25) is 11.8 Å². The smallest absolute Gasteiger partial charge is 0.230 e. The number of nitrogens with zero attached hydrogens (tertiary/aromatic N) is 3. The highest BCUT2D eigenvalue weighted by Crippen LogP contribution is 2.23. The summed E-state index contributed by atoms with van der Waals surface area (Å²) >= 11 is 7.51. The summed E-state index contributed by atoms with van der Waals surface area (Å²) in [6, 6.07) is 13.1. The molecule has 3 aromatic rings. The highest BCUT2D eigenvalue weighted by molar-refractivity contribution is 7.99. The first-order valence-electron chi connectivity index (χ1n) is 9.79. The zero-order valence-corrected chi connectivity index (χ0v) is 19.1. The maximum Gasteiger partial charge on any atom is 0.230 e. The number of amides is 2. The van der Waals surface area contributed by atoms with Crippen molar-refractivity contribution in [1.82, 2.24) is 20.1 Å². The van der Waals surface area contributed by atoms with Crippen molar-refractivity contribution < 1.29 is 9.59 Å². The maximum absolute atomic E-state index is 12.3. The molecule has 0 atom stereocenters. The third-order valence-electron chi connectivity index (χ3n) is 4.52. The van der Waals surface area contributed by atoms with Crippen LogP contribution in [0.4, 0.5) is 5.69 Å². The largest absolute Gasteiger partial charge is 0.351 e. The zero-order chi connectivity index (χ0) is 22.4. The normalized spacial score (nSPS) is 10.9. The first kappa shape index (κ1) is 22.8. The fourth-order valence-electron chi connectivity index (χ4n) is 2.61. The molecule has 0 aliphatic heterocycles. The Morgan fingerprint density at radius 1 is 1.16 bits per heavy atom. The van der Waals surface area contributed by atoms with Crippen LogP contribution in [0.5, 0.6) is 0 Å². The predicted octanol–water partition coefficient (Wildman–Crippen LogP) is 4.23. The van der Waals surface area contributed by atoms with Gasteiger partial charge in [0, 0.05) is 23.2 Å². The standard InChI is InChI=1S/C22H24ClN5O2S/c1-14(2)21(30)26-17-7-5-16(6-8-17)11-24-20(29)12-31-22-27-25-13-28(22)18-9-4-15(3)19(23)10-18/h4-10,13-14H,11-12H2,1-3H3,(H,24,29)(H,26,30). The molecule has 1 aromatic heterocycles. The molecule has 2 N–H and O–H groups in total. The van der Waals surface area contributed by atoms with E-state index in [9.17, 15) is 9.59 Å². The lowest BCUT2D eigenvalue weighted by molar-refractivity contribution is -0.119. The lowest BCUT2D eigenvalue weighted by Crippen LogP contribution is -2.24. The summed E-state index contributed by atoms with van der Waals surface area (Å²) in [5.74, 6) is -0.0105. The molecule has 7 nitrogen and oxygen atoms in total. The van der Waals surface area contributed by atoms with Crippen LogP contribution in [0, 0.1) is 12.8 Å². The Morgan fingerprint density at radius 2 is 1.90 bits per heavy atom. The van der Waals surface area contributed by atoms with Crippen molar-refractivity contribution in [2.24, 2.45) is 5.92 Å². The van der Waals surface area contributed by atoms with E-state index in [-0.39, 0.29) is 23.5 Å². The predicted molar refractivity (Wildman–Crippen MR) is 124 cm³/mol. The first-order chi connectivity index (χ1) is 14.8. The summed E-state index contributed by atoms with van der Waals surface area (Å²) in [7, 11) is 0. The van der Waals surface area contributed by atoms with Crippen molar-refractivity contribution in [3.8, 4) is 5.69 Å². The Balaban J connectivity index is 1.51. The topological polar surface area (TPSA) is 88.9 Å². The molecule has 3 rings (SSSR count). The number of hydrogen-bond donors (Lipinski definition) is 2. The number of halogens is 1. The van der Waals surface area contributed by atoms with Crippen LogP contribution in [0.15, 0.2) is 53.9 Å². The molecule has 0 saturated carbocycles. The van der Waals surface area contributed by atoms with Gasteiger partial charge in [-0.1, -0.05) is 55.4 Å². The molecule has 0 spiro atoms. The average Bonchev–Trinajstić information content (AvgIpc) is 3.22. The highest BCUT2D eigenvalue weighted by Gasteiger charge is 2.11. The van der Waals surface area contributed by atoms with E-state index in [1.54, 1.807) is 10.9 Å². The Bertz CT molecular complexity index is 1070. The van der Waals surface area contributed by atoms with Crippen LogP contribution in [0.25, 0.3) is 5.69 Å². The second-order valence-corrected chi connectivity index (χ2v) is 8.67. The number of carbonyl (C=O) groups excluding carboxylic acids is 2. The van der Waals surface area contributed by atoms with Crippen LogP contribution < -0.4 is 10.6 Å². The summed E-state index contributed by atoms with van der Waals surface area (Å²) < 4.78 is 1.80. The van der Waals surface area contributed by atoms with Crippen LogP contribution in [0.2, 0.25) is 5.02 Å². The van der Waals surface area contributed by atoms with E-state index in [1.165, 1.54) is 11.8 Å². The fourth-order valence-corrected chi connectivity index (χ4v) is 3.54. The Hall–Kier alpha value is -2.84. The molecule has 0 bridgehead atoms. The number of aryl methyl sites for hydroxylation is 1. The lowest BCUT2D eigenvalue weighted by atomic mass is 10.1. The van der Waals surface area contributed by atoms with E-state index in [4.69, 9.17) is 11.6 Å². The minimum absolute atomic E-state index is 0.0289. The van der Waals surface area contributed by atoms with Crippen molar-refractivity contribution in [2.45, 2.75) is 32.5 Å². The number of benzene rings is 2. The number of rotatable bonds is 8. The number of hydrogen-bond acceptors (Lipinski definition) is 5. The van der Waals surface area contributed by atoms with Gasteiger partial charge in [-0.25, -0.2) is 0 Å². The molecule has 9 heteroatoms.